The lowest BCUT2D eigenvalue weighted by Crippen LogP contribution is -2.49. The van der Waals surface area contributed by atoms with Gasteiger partial charge in [0.25, 0.3) is 0 Å². The molecular weight excluding hydrogens is 216 g/mol. The lowest BCUT2D eigenvalue weighted by Gasteiger charge is -2.32. The van der Waals surface area contributed by atoms with Gasteiger partial charge < -0.3 is 19.6 Å². The van der Waals surface area contributed by atoms with Crippen molar-refractivity contribution in [1.29, 1.82) is 0 Å². The van der Waals surface area contributed by atoms with Crippen molar-refractivity contribution >= 4 is 18.3 Å². The molecule has 7 heteroatoms. The van der Waals surface area contributed by atoms with E-state index in [-0.39, 0.29) is 12.5 Å². The Hall–Kier alpha value is -1.63. The molecule has 16 heavy (non-hydrogen) atoms. The smallest absolute Gasteiger partial charge is 0.329 e. The van der Waals surface area contributed by atoms with E-state index in [2.05, 4.69) is 4.74 Å². The zero-order valence-corrected chi connectivity index (χ0v) is 8.79. The molecule has 0 atom stereocenters. The first-order chi connectivity index (χ1) is 7.63. The summed E-state index contributed by atoms with van der Waals surface area (Å²) in [5.41, 5.74) is 0. The molecule has 1 aliphatic heterocycles. The van der Waals surface area contributed by atoms with E-state index < -0.39 is 12.6 Å². The van der Waals surface area contributed by atoms with Gasteiger partial charge in [0.15, 0.2) is 0 Å². The summed E-state index contributed by atoms with van der Waals surface area (Å²) in [4.78, 5) is 35.2. The van der Waals surface area contributed by atoms with E-state index in [9.17, 15) is 14.4 Å². The summed E-state index contributed by atoms with van der Waals surface area (Å²) in [6.07, 6.45) is 0.753. The average Bonchev–Trinajstić information content (AvgIpc) is 2.28. The molecule has 0 unspecified atom stereocenters. The highest BCUT2D eigenvalue weighted by Gasteiger charge is 2.19. The largest absolute Gasteiger partial charge is 0.480 e. The summed E-state index contributed by atoms with van der Waals surface area (Å²) < 4.78 is 4.69. The van der Waals surface area contributed by atoms with Crippen molar-refractivity contribution in [2.75, 3.05) is 39.4 Å². The molecule has 0 aromatic rings. The van der Waals surface area contributed by atoms with E-state index in [1.54, 1.807) is 9.80 Å². The molecule has 0 aromatic carbocycles. The minimum atomic E-state index is -1.10. The standard InChI is InChI=1S/C9H14N2O5/c12-7-10-1-3-11(4-2-10)8(13)5-16-6-9(14)15/h7H,1-6H2,(H,14,15). The van der Waals surface area contributed by atoms with Gasteiger partial charge in [-0.15, -0.1) is 0 Å². The van der Waals surface area contributed by atoms with Crippen molar-refractivity contribution in [1.82, 2.24) is 9.80 Å². The summed E-state index contributed by atoms with van der Waals surface area (Å²) in [5, 5.41) is 8.31. The summed E-state index contributed by atoms with van der Waals surface area (Å²) >= 11 is 0. The molecule has 1 N–H and O–H groups in total. The Morgan fingerprint density at radius 1 is 1.19 bits per heavy atom. The molecule has 2 amide bonds. The van der Waals surface area contributed by atoms with Crippen molar-refractivity contribution in [2.45, 2.75) is 0 Å². The molecule has 0 radical (unpaired) electrons. The topological polar surface area (TPSA) is 87.2 Å². The summed E-state index contributed by atoms with van der Waals surface area (Å²) in [6, 6.07) is 0. The Morgan fingerprint density at radius 3 is 2.31 bits per heavy atom. The van der Waals surface area contributed by atoms with Crippen LogP contribution in [0.5, 0.6) is 0 Å². The number of ether oxygens (including phenoxy) is 1. The van der Waals surface area contributed by atoms with Crippen LogP contribution in [0.2, 0.25) is 0 Å². The lowest BCUT2D eigenvalue weighted by molar-refractivity contribution is -0.147. The van der Waals surface area contributed by atoms with Crippen LogP contribution in [-0.4, -0.2) is 72.6 Å². The van der Waals surface area contributed by atoms with Crippen LogP contribution in [-0.2, 0) is 19.1 Å². The highest BCUT2D eigenvalue weighted by molar-refractivity contribution is 5.78. The molecule has 7 nitrogen and oxygen atoms in total. The van der Waals surface area contributed by atoms with Gasteiger partial charge in [-0.2, -0.15) is 0 Å². The zero-order valence-electron chi connectivity index (χ0n) is 8.79. The number of carboxylic acid groups (broad SMARTS) is 1. The molecule has 0 spiro atoms. The van der Waals surface area contributed by atoms with E-state index in [0.29, 0.717) is 26.2 Å². The monoisotopic (exact) mass is 230 g/mol. The number of piperazine rings is 1. The summed E-state index contributed by atoms with van der Waals surface area (Å²) in [7, 11) is 0. The molecule has 0 saturated carbocycles. The van der Waals surface area contributed by atoms with Crippen molar-refractivity contribution in [2.24, 2.45) is 0 Å². The Morgan fingerprint density at radius 2 is 1.81 bits per heavy atom. The van der Waals surface area contributed by atoms with E-state index in [1.807, 2.05) is 0 Å². The molecule has 90 valence electrons. The Balaban J connectivity index is 2.22. The van der Waals surface area contributed by atoms with Gasteiger partial charge in [-0.05, 0) is 0 Å². The lowest BCUT2D eigenvalue weighted by atomic mass is 10.3. The molecule has 1 fully saturated rings. The molecule has 0 aliphatic carbocycles. The fourth-order valence-electron chi connectivity index (χ4n) is 1.39. The predicted octanol–water partition coefficient (Wildman–Crippen LogP) is -1.61. The van der Waals surface area contributed by atoms with Crippen LogP contribution in [0.3, 0.4) is 0 Å². The highest BCUT2D eigenvalue weighted by Crippen LogP contribution is 2.00. The minimum absolute atomic E-state index is 0.229. The Labute approximate surface area is 92.6 Å². The van der Waals surface area contributed by atoms with Gasteiger partial charge in [0.2, 0.25) is 12.3 Å². The number of carboxylic acids is 1. The predicted molar refractivity (Wildman–Crippen MR) is 52.7 cm³/mol. The second kappa shape index (κ2) is 6.06. The van der Waals surface area contributed by atoms with E-state index in [1.165, 1.54) is 0 Å². The molecule has 0 aromatic heterocycles. The number of carbonyl (C=O) groups is 3. The average molecular weight is 230 g/mol. The Bertz CT molecular complexity index is 273. The highest BCUT2D eigenvalue weighted by atomic mass is 16.5. The second-order valence-corrected chi connectivity index (χ2v) is 3.41. The number of nitrogens with zero attached hydrogens (tertiary/aromatic N) is 2. The van der Waals surface area contributed by atoms with Gasteiger partial charge in [0.1, 0.15) is 13.2 Å². The summed E-state index contributed by atoms with van der Waals surface area (Å²) in [5.74, 6) is -1.34. The van der Waals surface area contributed by atoms with Crippen LogP contribution >= 0.6 is 0 Å². The van der Waals surface area contributed by atoms with Crippen LogP contribution in [0, 0.1) is 0 Å². The quantitative estimate of drug-likeness (QED) is 0.574. The zero-order chi connectivity index (χ0) is 12.0. The van der Waals surface area contributed by atoms with Gasteiger partial charge in [-0.25, -0.2) is 4.79 Å². The molecule has 1 heterocycles. The van der Waals surface area contributed by atoms with Gasteiger partial charge in [-0.1, -0.05) is 0 Å². The van der Waals surface area contributed by atoms with E-state index in [0.717, 1.165) is 6.41 Å². The number of aliphatic carboxylic acids is 1. The minimum Gasteiger partial charge on any atom is -0.480 e. The number of hydrogen-bond acceptors (Lipinski definition) is 4. The van der Waals surface area contributed by atoms with Crippen LogP contribution in [0.4, 0.5) is 0 Å². The van der Waals surface area contributed by atoms with E-state index in [4.69, 9.17) is 5.11 Å². The third-order valence-corrected chi connectivity index (χ3v) is 2.27. The van der Waals surface area contributed by atoms with Gasteiger partial charge in [0.05, 0.1) is 0 Å². The first-order valence-corrected chi connectivity index (χ1v) is 4.90. The van der Waals surface area contributed by atoms with Gasteiger partial charge in [-0.3, -0.25) is 9.59 Å². The van der Waals surface area contributed by atoms with Crippen LogP contribution in [0.1, 0.15) is 0 Å². The first kappa shape index (κ1) is 12.4. The SMILES string of the molecule is O=CN1CCN(C(=O)COCC(=O)O)CC1. The third-order valence-electron chi connectivity index (χ3n) is 2.27. The van der Waals surface area contributed by atoms with Crippen LogP contribution in [0.25, 0.3) is 0 Å². The van der Waals surface area contributed by atoms with Crippen LogP contribution < -0.4 is 0 Å². The third kappa shape index (κ3) is 3.85. The fourth-order valence-corrected chi connectivity index (χ4v) is 1.39. The van der Waals surface area contributed by atoms with E-state index >= 15 is 0 Å². The normalized spacial score (nSPS) is 16.0. The Kier molecular flexibility index (Phi) is 4.71. The van der Waals surface area contributed by atoms with Gasteiger partial charge in [0, 0.05) is 26.2 Å². The van der Waals surface area contributed by atoms with Crippen molar-refractivity contribution in [3.8, 4) is 0 Å². The molecule has 1 rings (SSSR count). The van der Waals surface area contributed by atoms with Crippen LogP contribution in [0.15, 0.2) is 0 Å². The number of hydrogen-bond donors (Lipinski definition) is 1. The maximum Gasteiger partial charge on any atom is 0.329 e. The maximum atomic E-state index is 11.5. The second-order valence-electron chi connectivity index (χ2n) is 3.41. The number of amides is 2. The number of rotatable bonds is 5. The number of carbonyl (C=O) groups excluding carboxylic acids is 2. The van der Waals surface area contributed by atoms with Crippen molar-refractivity contribution in [3.05, 3.63) is 0 Å². The van der Waals surface area contributed by atoms with Crippen molar-refractivity contribution in [3.63, 3.8) is 0 Å². The summed E-state index contributed by atoms with van der Waals surface area (Å²) in [6.45, 7) is 1.25. The molecule has 1 aliphatic rings. The van der Waals surface area contributed by atoms with Crippen molar-refractivity contribution < 1.29 is 24.2 Å². The fraction of sp³-hybridized carbons (Fsp3) is 0.667. The molecule has 0 bridgehead atoms. The molecular formula is C9H14N2O5. The molecule has 1 saturated heterocycles. The maximum absolute atomic E-state index is 11.5. The van der Waals surface area contributed by atoms with Gasteiger partial charge >= 0.3 is 5.97 Å². The first-order valence-electron chi connectivity index (χ1n) is 4.90.